The molecule has 0 radical (unpaired) electrons. The largest absolute Gasteiger partial charge is 0.329 e. The molecular formula is C8H16N6O2. The van der Waals surface area contributed by atoms with Crippen LogP contribution in [-0.2, 0) is 7.05 Å². The van der Waals surface area contributed by atoms with Gasteiger partial charge in [-0.3, -0.25) is 20.4 Å². The standard InChI is InChI=1S/C6H10N6O2.C2H6/c1-12-2-9-3(5(13)10-7)4(12)6(14)11-8;1-2/h2H,7-8H2,1H3,(H,10,13)(H,11,14);1-2H3. The lowest BCUT2D eigenvalue weighted by molar-refractivity contribution is 0.0911. The van der Waals surface area contributed by atoms with E-state index in [0.29, 0.717) is 0 Å². The third kappa shape index (κ3) is 2.78. The molecular weight excluding hydrogens is 212 g/mol. The van der Waals surface area contributed by atoms with Crippen LogP contribution in [0.2, 0.25) is 0 Å². The first-order chi connectivity index (χ1) is 7.61. The molecule has 0 saturated carbocycles. The minimum absolute atomic E-state index is 0.0513. The van der Waals surface area contributed by atoms with Crippen molar-refractivity contribution in [2.45, 2.75) is 13.8 Å². The summed E-state index contributed by atoms with van der Waals surface area (Å²) in [5.41, 5.74) is 3.77. The van der Waals surface area contributed by atoms with E-state index in [1.165, 1.54) is 10.9 Å². The monoisotopic (exact) mass is 228 g/mol. The van der Waals surface area contributed by atoms with Crippen LogP contribution >= 0.6 is 0 Å². The number of nitrogens with one attached hydrogen (secondary N) is 2. The van der Waals surface area contributed by atoms with Crippen LogP contribution in [0.5, 0.6) is 0 Å². The summed E-state index contributed by atoms with van der Waals surface area (Å²) in [5.74, 6) is 8.59. The Balaban J connectivity index is 0.00000106. The molecule has 0 spiro atoms. The van der Waals surface area contributed by atoms with Crippen molar-refractivity contribution in [2.75, 3.05) is 0 Å². The molecule has 0 aliphatic carbocycles. The van der Waals surface area contributed by atoms with Crippen molar-refractivity contribution in [3.05, 3.63) is 17.7 Å². The molecule has 0 fully saturated rings. The first-order valence-corrected chi connectivity index (χ1v) is 4.65. The van der Waals surface area contributed by atoms with E-state index in [-0.39, 0.29) is 11.4 Å². The molecule has 1 aromatic rings. The molecule has 0 atom stereocenters. The molecule has 8 nitrogen and oxygen atoms in total. The van der Waals surface area contributed by atoms with Gasteiger partial charge in [0.05, 0.1) is 6.33 Å². The number of aromatic nitrogens is 2. The zero-order chi connectivity index (χ0) is 12.7. The molecule has 6 N–H and O–H groups in total. The van der Waals surface area contributed by atoms with Crippen LogP contribution < -0.4 is 22.5 Å². The average molecular weight is 228 g/mol. The number of hydrogen-bond donors (Lipinski definition) is 4. The minimum Gasteiger partial charge on any atom is -0.329 e. The number of nitrogens with two attached hydrogens (primary N) is 2. The molecule has 1 heterocycles. The van der Waals surface area contributed by atoms with E-state index >= 15 is 0 Å². The molecule has 2 amide bonds. The van der Waals surface area contributed by atoms with Crippen LogP contribution in [-0.4, -0.2) is 21.4 Å². The summed E-state index contributed by atoms with van der Waals surface area (Å²) in [6.45, 7) is 4.00. The van der Waals surface area contributed by atoms with E-state index in [0.717, 1.165) is 0 Å². The lowest BCUT2D eigenvalue weighted by Gasteiger charge is -2.02. The van der Waals surface area contributed by atoms with Gasteiger partial charge in [-0.1, -0.05) is 13.8 Å². The third-order valence-corrected chi connectivity index (χ3v) is 1.63. The number of nitrogens with zero attached hydrogens (tertiary/aromatic N) is 2. The highest BCUT2D eigenvalue weighted by Crippen LogP contribution is 2.05. The molecule has 0 aliphatic heterocycles. The van der Waals surface area contributed by atoms with Gasteiger partial charge < -0.3 is 4.57 Å². The normalized spacial score (nSPS) is 8.81. The van der Waals surface area contributed by atoms with Gasteiger partial charge in [0.25, 0.3) is 11.8 Å². The van der Waals surface area contributed by atoms with Gasteiger partial charge in [-0.2, -0.15) is 0 Å². The van der Waals surface area contributed by atoms with Gasteiger partial charge >= 0.3 is 0 Å². The molecule has 0 aliphatic rings. The number of hydrogen-bond acceptors (Lipinski definition) is 5. The number of amides is 2. The predicted octanol–water partition coefficient (Wildman–Crippen LogP) is -1.35. The lowest BCUT2D eigenvalue weighted by Crippen LogP contribution is -2.36. The van der Waals surface area contributed by atoms with E-state index in [1.54, 1.807) is 7.05 Å². The van der Waals surface area contributed by atoms with Crippen molar-refractivity contribution in [3.63, 3.8) is 0 Å². The zero-order valence-electron chi connectivity index (χ0n) is 9.44. The smallest absolute Gasteiger partial charge is 0.286 e. The quantitative estimate of drug-likeness (QED) is 0.283. The number of imidazole rings is 1. The maximum atomic E-state index is 11.2. The van der Waals surface area contributed by atoms with E-state index < -0.39 is 11.8 Å². The molecule has 0 saturated heterocycles. The molecule has 0 aromatic carbocycles. The van der Waals surface area contributed by atoms with Gasteiger partial charge in [0.15, 0.2) is 5.69 Å². The molecule has 90 valence electrons. The van der Waals surface area contributed by atoms with Crippen LogP contribution in [0.3, 0.4) is 0 Å². The van der Waals surface area contributed by atoms with Gasteiger partial charge in [0.1, 0.15) is 5.69 Å². The van der Waals surface area contributed by atoms with Crippen molar-refractivity contribution in [2.24, 2.45) is 18.7 Å². The van der Waals surface area contributed by atoms with Crippen LogP contribution in [0.15, 0.2) is 6.33 Å². The summed E-state index contributed by atoms with van der Waals surface area (Å²) < 4.78 is 1.37. The summed E-state index contributed by atoms with van der Waals surface area (Å²) in [6, 6.07) is 0. The number of aryl methyl sites for hydroxylation is 1. The Morgan fingerprint density at radius 1 is 1.25 bits per heavy atom. The fourth-order valence-electron chi connectivity index (χ4n) is 1.00. The highest BCUT2D eigenvalue weighted by molar-refractivity contribution is 6.04. The summed E-state index contributed by atoms with van der Waals surface area (Å²) in [5, 5.41) is 0. The summed E-state index contributed by atoms with van der Waals surface area (Å²) in [6.07, 6.45) is 1.31. The van der Waals surface area contributed by atoms with Gasteiger partial charge in [-0.25, -0.2) is 16.7 Å². The Morgan fingerprint density at radius 3 is 2.19 bits per heavy atom. The van der Waals surface area contributed by atoms with Crippen molar-refractivity contribution < 1.29 is 9.59 Å². The Labute approximate surface area is 92.9 Å². The predicted molar refractivity (Wildman–Crippen MR) is 57.9 cm³/mol. The number of nitrogen functional groups attached to an aromatic ring is 2. The Kier molecular flexibility index (Phi) is 5.75. The third-order valence-electron chi connectivity index (χ3n) is 1.63. The van der Waals surface area contributed by atoms with Crippen molar-refractivity contribution in [1.29, 1.82) is 0 Å². The Bertz CT molecular complexity index is 373. The van der Waals surface area contributed by atoms with Gasteiger partial charge in [-0.15, -0.1) is 0 Å². The first-order valence-electron chi connectivity index (χ1n) is 4.65. The summed E-state index contributed by atoms with van der Waals surface area (Å²) >= 11 is 0. The lowest BCUT2D eigenvalue weighted by atomic mass is 10.3. The summed E-state index contributed by atoms with van der Waals surface area (Å²) in [7, 11) is 1.56. The van der Waals surface area contributed by atoms with E-state index in [9.17, 15) is 9.59 Å². The van der Waals surface area contributed by atoms with Gasteiger partial charge in [0.2, 0.25) is 0 Å². The second-order valence-electron chi connectivity index (χ2n) is 2.50. The number of carbonyl (C=O) groups is 2. The number of hydrazine groups is 2. The molecule has 1 aromatic heterocycles. The highest BCUT2D eigenvalue weighted by Gasteiger charge is 2.20. The van der Waals surface area contributed by atoms with Crippen LogP contribution in [0.4, 0.5) is 0 Å². The van der Waals surface area contributed by atoms with E-state index in [4.69, 9.17) is 11.7 Å². The van der Waals surface area contributed by atoms with E-state index in [2.05, 4.69) is 4.98 Å². The first kappa shape index (κ1) is 14.1. The van der Waals surface area contributed by atoms with Crippen molar-refractivity contribution in [3.8, 4) is 0 Å². The maximum Gasteiger partial charge on any atom is 0.286 e. The van der Waals surface area contributed by atoms with Crippen molar-refractivity contribution in [1.82, 2.24) is 20.4 Å². The number of rotatable bonds is 2. The fraction of sp³-hybridized carbons (Fsp3) is 0.375. The van der Waals surface area contributed by atoms with E-state index in [1.807, 2.05) is 24.7 Å². The second-order valence-corrected chi connectivity index (χ2v) is 2.50. The fourth-order valence-corrected chi connectivity index (χ4v) is 1.00. The number of carbonyl (C=O) groups excluding carboxylic acids is 2. The van der Waals surface area contributed by atoms with Gasteiger partial charge in [-0.05, 0) is 0 Å². The average Bonchev–Trinajstić information content (AvgIpc) is 2.71. The molecule has 8 heteroatoms. The minimum atomic E-state index is -0.649. The topological polar surface area (TPSA) is 128 Å². The zero-order valence-corrected chi connectivity index (χ0v) is 9.44. The maximum absolute atomic E-state index is 11.2. The van der Waals surface area contributed by atoms with Crippen LogP contribution in [0.25, 0.3) is 0 Å². The SMILES string of the molecule is CC.Cn1cnc(C(=O)NN)c1C(=O)NN. The van der Waals surface area contributed by atoms with Crippen LogP contribution in [0, 0.1) is 0 Å². The summed E-state index contributed by atoms with van der Waals surface area (Å²) in [4.78, 5) is 26.1. The Morgan fingerprint density at radius 2 is 1.75 bits per heavy atom. The molecule has 0 bridgehead atoms. The second kappa shape index (κ2) is 6.53. The van der Waals surface area contributed by atoms with Crippen molar-refractivity contribution >= 4 is 11.8 Å². The van der Waals surface area contributed by atoms with Crippen LogP contribution in [0.1, 0.15) is 34.8 Å². The van der Waals surface area contributed by atoms with Gasteiger partial charge in [0, 0.05) is 7.05 Å². The Hall–Kier alpha value is -1.93. The highest BCUT2D eigenvalue weighted by atomic mass is 16.2. The molecule has 1 rings (SSSR count). The molecule has 0 unspecified atom stereocenters. The molecule has 16 heavy (non-hydrogen) atoms.